The number of thiazole rings is 1. The van der Waals surface area contributed by atoms with Crippen LogP contribution in [-0.4, -0.2) is 70.2 Å². The van der Waals surface area contributed by atoms with Gasteiger partial charge < -0.3 is 10.2 Å². The molecule has 1 aliphatic heterocycles. The molecule has 7 nitrogen and oxygen atoms in total. The lowest BCUT2D eigenvalue weighted by molar-refractivity contribution is -0.133. The zero-order valence-corrected chi connectivity index (χ0v) is 18.2. The van der Waals surface area contributed by atoms with Gasteiger partial charge in [0.15, 0.2) is 10.2 Å². The highest BCUT2D eigenvalue weighted by molar-refractivity contribution is 8.13. The minimum atomic E-state index is -0.0770. The molecular formula is C20H26N4O3S2. The van der Waals surface area contributed by atoms with E-state index in [2.05, 4.69) is 15.2 Å². The lowest BCUT2D eigenvalue weighted by Crippen LogP contribution is -2.50. The Morgan fingerprint density at radius 2 is 1.90 bits per heavy atom. The van der Waals surface area contributed by atoms with Crippen molar-refractivity contribution in [1.29, 1.82) is 0 Å². The van der Waals surface area contributed by atoms with Gasteiger partial charge >= 0.3 is 0 Å². The molecule has 29 heavy (non-hydrogen) atoms. The van der Waals surface area contributed by atoms with Crippen molar-refractivity contribution in [2.45, 2.75) is 26.2 Å². The summed E-state index contributed by atoms with van der Waals surface area (Å²) < 4.78 is 1.05. The van der Waals surface area contributed by atoms with E-state index in [0.717, 1.165) is 28.8 Å². The Morgan fingerprint density at radius 3 is 2.62 bits per heavy atom. The van der Waals surface area contributed by atoms with Crippen LogP contribution in [0, 0.1) is 0 Å². The fraction of sp³-hybridized carbons (Fsp3) is 0.500. The molecule has 2 amide bonds. The zero-order valence-electron chi connectivity index (χ0n) is 16.6. The molecule has 2 aromatic rings. The minimum absolute atomic E-state index is 0.0770. The molecule has 0 bridgehead atoms. The van der Waals surface area contributed by atoms with Crippen molar-refractivity contribution in [3.05, 3.63) is 24.3 Å². The number of aromatic nitrogens is 1. The molecular weight excluding hydrogens is 408 g/mol. The van der Waals surface area contributed by atoms with Gasteiger partial charge in [-0.1, -0.05) is 35.2 Å². The Hall–Kier alpha value is -1.97. The third-order valence-corrected chi connectivity index (χ3v) is 6.57. The number of hydrogen-bond acceptors (Lipinski definition) is 7. The summed E-state index contributed by atoms with van der Waals surface area (Å²) in [5.41, 5.74) is 0.889. The molecule has 0 spiro atoms. The van der Waals surface area contributed by atoms with Gasteiger partial charge in [-0.3, -0.25) is 19.3 Å². The lowest BCUT2D eigenvalue weighted by Gasteiger charge is -2.34. The first kappa shape index (κ1) is 21.7. The fourth-order valence-electron chi connectivity index (χ4n) is 3.20. The molecule has 1 aliphatic rings. The standard InChI is InChI=1S/C20H26N4O3S2/c1-15(25)28-13-5-4-8-19(27)24-11-9-23(10-12-24)14-18(26)22-20-21-16-6-2-3-7-17(16)29-20/h2-3,6-7H,4-5,8-14H2,1H3,(H,21,22,26). The number of rotatable bonds is 8. The van der Waals surface area contributed by atoms with Gasteiger partial charge in [0, 0.05) is 45.3 Å². The van der Waals surface area contributed by atoms with Gasteiger partial charge in [0.05, 0.1) is 16.8 Å². The number of nitrogens with one attached hydrogen (secondary N) is 1. The molecule has 1 saturated heterocycles. The molecule has 1 aromatic heterocycles. The molecule has 1 N–H and O–H groups in total. The molecule has 0 atom stereocenters. The van der Waals surface area contributed by atoms with E-state index in [9.17, 15) is 14.4 Å². The Balaban J connectivity index is 1.35. The van der Waals surface area contributed by atoms with Gasteiger partial charge in [-0.25, -0.2) is 4.98 Å². The van der Waals surface area contributed by atoms with Crippen LogP contribution in [0.2, 0.25) is 0 Å². The van der Waals surface area contributed by atoms with Crippen LogP contribution in [0.5, 0.6) is 0 Å². The molecule has 1 fully saturated rings. The van der Waals surface area contributed by atoms with Crippen LogP contribution in [0.25, 0.3) is 10.2 Å². The number of thioether (sulfide) groups is 1. The van der Waals surface area contributed by atoms with Gasteiger partial charge in [0.2, 0.25) is 11.8 Å². The predicted molar refractivity (Wildman–Crippen MR) is 118 cm³/mol. The normalized spacial score (nSPS) is 14.9. The Morgan fingerprint density at radius 1 is 1.14 bits per heavy atom. The van der Waals surface area contributed by atoms with Crippen LogP contribution in [0.1, 0.15) is 26.2 Å². The topological polar surface area (TPSA) is 82.6 Å². The first-order chi connectivity index (χ1) is 14.0. The second-order valence-corrected chi connectivity index (χ2v) is 9.29. The quantitative estimate of drug-likeness (QED) is 0.644. The van der Waals surface area contributed by atoms with Crippen molar-refractivity contribution < 1.29 is 14.4 Å². The number of piperazine rings is 1. The molecule has 0 unspecified atom stereocenters. The number of unbranched alkanes of at least 4 members (excludes halogenated alkanes) is 1. The molecule has 156 valence electrons. The predicted octanol–water partition coefficient (Wildman–Crippen LogP) is 2.83. The maximum absolute atomic E-state index is 12.3. The monoisotopic (exact) mass is 434 g/mol. The number of fused-ring (bicyclic) bond motifs is 1. The number of anilines is 1. The van der Waals surface area contributed by atoms with E-state index in [4.69, 9.17) is 0 Å². The summed E-state index contributed by atoms with van der Waals surface area (Å²) in [6.45, 7) is 4.55. The Labute approximate surface area is 178 Å². The third-order valence-electron chi connectivity index (χ3n) is 4.72. The van der Waals surface area contributed by atoms with Crippen LogP contribution >= 0.6 is 23.1 Å². The van der Waals surface area contributed by atoms with Crippen molar-refractivity contribution in [1.82, 2.24) is 14.8 Å². The molecule has 0 radical (unpaired) electrons. The first-order valence-corrected chi connectivity index (χ1v) is 11.6. The molecule has 9 heteroatoms. The van der Waals surface area contributed by atoms with Gasteiger partial charge in [0.25, 0.3) is 0 Å². The van der Waals surface area contributed by atoms with Crippen LogP contribution in [0.3, 0.4) is 0 Å². The van der Waals surface area contributed by atoms with Gasteiger partial charge in [-0.05, 0) is 25.0 Å². The summed E-state index contributed by atoms with van der Waals surface area (Å²) in [4.78, 5) is 43.9. The SMILES string of the molecule is CC(=O)SCCCCC(=O)N1CCN(CC(=O)Nc2nc3ccccc3s2)CC1. The van der Waals surface area contributed by atoms with E-state index in [1.807, 2.05) is 29.2 Å². The molecule has 3 rings (SSSR count). The van der Waals surface area contributed by atoms with E-state index in [1.165, 1.54) is 23.1 Å². The maximum Gasteiger partial charge on any atom is 0.240 e. The average Bonchev–Trinajstić information content (AvgIpc) is 3.10. The van der Waals surface area contributed by atoms with Crippen molar-refractivity contribution in [2.75, 3.05) is 43.8 Å². The minimum Gasteiger partial charge on any atom is -0.340 e. The summed E-state index contributed by atoms with van der Waals surface area (Å²) in [5.74, 6) is 0.864. The van der Waals surface area contributed by atoms with Crippen molar-refractivity contribution >= 4 is 55.4 Å². The highest BCUT2D eigenvalue weighted by atomic mass is 32.2. The van der Waals surface area contributed by atoms with E-state index in [1.54, 1.807) is 6.92 Å². The summed E-state index contributed by atoms with van der Waals surface area (Å²) >= 11 is 2.78. The third kappa shape index (κ3) is 6.80. The molecule has 0 saturated carbocycles. The van der Waals surface area contributed by atoms with E-state index in [0.29, 0.717) is 44.3 Å². The van der Waals surface area contributed by atoms with Crippen LogP contribution < -0.4 is 5.32 Å². The summed E-state index contributed by atoms with van der Waals surface area (Å²) in [6.07, 6.45) is 2.21. The summed E-state index contributed by atoms with van der Waals surface area (Å²) in [7, 11) is 0. The van der Waals surface area contributed by atoms with E-state index >= 15 is 0 Å². The molecule has 1 aromatic carbocycles. The van der Waals surface area contributed by atoms with Gasteiger partial charge in [-0.15, -0.1) is 0 Å². The zero-order chi connectivity index (χ0) is 20.6. The van der Waals surface area contributed by atoms with Crippen molar-refractivity contribution in [3.8, 4) is 0 Å². The van der Waals surface area contributed by atoms with E-state index in [-0.39, 0.29) is 16.9 Å². The number of amides is 2. The number of para-hydroxylation sites is 1. The lowest BCUT2D eigenvalue weighted by atomic mass is 10.2. The fourth-order valence-corrected chi connectivity index (χ4v) is 4.71. The van der Waals surface area contributed by atoms with Gasteiger partial charge in [0.1, 0.15) is 0 Å². The molecule has 0 aliphatic carbocycles. The first-order valence-electron chi connectivity index (χ1n) is 9.80. The second-order valence-electron chi connectivity index (χ2n) is 6.99. The van der Waals surface area contributed by atoms with Crippen molar-refractivity contribution in [2.24, 2.45) is 0 Å². The van der Waals surface area contributed by atoms with Crippen molar-refractivity contribution in [3.63, 3.8) is 0 Å². The number of carbonyl (C=O) groups excluding carboxylic acids is 3. The second kappa shape index (κ2) is 10.7. The number of hydrogen-bond donors (Lipinski definition) is 1. The maximum atomic E-state index is 12.3. The van der Waals surface area contributed by atoms with Crippen LogP contribution in [-0.2, 0) is 14.4 Å². The smallest absolute Gasteiger partial charge is 0.240 e. The highest BCUT2D eigenvalue weighted by Gasteiger charge is 2.22. The number of nitrogens with zero attached hydrogens (tertiary/aromatic N) is 3. The Kier molecular flexibility index (Phi) is 8.02. The molecule has 2 heterocycles. The average molecular weight is 435 g/mol. The van der Waals surface area contributed by atoms with E-state index < -0.39 is 0 Å². The summed E-state index contributed by atoms with van der Waals surface area (Å²) in [5, 5.41) is 3.62. The van der Waals surface area contributed by atoms with Gasteiger partial charge in [-0.2, -0.15) is 0 Å². The van der Waals surface area contributed by atoms with Crippen LogP contribution in [0.4, 0.5) is 5.13 Å². The summed E-state index contributed by atoms with van der Waals surface area (Å²) in [6, 6.07) is 7.80. The Bertz CT molecular complexity index is 829. The number of carbonyl (C=O) groups is 3. The number of benzene rings is 1. The largest absolute Gasteiger partial charge is 0.340 e. The van der Waals surface area contributed by atoms with Crippen LogP contribution in [0.15, 0.2) is 24.3 Å². The highest BCUT2D eigenvalue weighted by Crippen LogP contribution is 2.25.